The Morgan fingerprint density at radius 2 is 2.03 bits per heavy atom. The summed E-state index contributed by atoms with van der Waals surface area (Å²) < 4.78 is 5.12. The fraction of sp³-hybridized carbons (Fsp3) is 0.409. The number of esters is 1. The molecular weight excluding hydrogens is 450 g/mol. The van der Waals surface area contributed by atoms with Crippen LogP contribution in [0.5, 0.6) is 0 Å². The molecule has 2 atom stereocenters. The Balaban J connectivity index is 1.59. The van der Waals surface area contributed by atoms with Gasteiger partial charge in [-0.15, -0.1) is 0 Å². The van der Waals surface area contributed by atoms with E-state index in [-0.39, 0.29) is 35.6 Å². The molecular formula is C22H24ClN5O5. The van der Waals surface area contributed by atoms with Gasteiger partial charge in [0.1, 0.15) is 5.82 Å². The van der Waals surface area contributed by atoms with E-state index in [0.29, 0.717) is 36.8 Å². The molecule has 2 aliphatic rings. The minimum atomic E-state index is -0.997. The molecule has 3 heterocycles. The number of aromatic amines is 1. The molecule has 0 unspecified atom stereocenters. The van der Waals surface area contributed by atoms with Crippen LogP contribution >= 0.6 is 11.6 Å². The number of fused-ring (bicyclic) bond motifs is 1. The minimum absolute atomic E-state index is 0.0551. The van der Waals surface area contributed by atoms with Gasteiger partial charge >= 0.3 is 5.97 Å². The molecule has 174 valence electrons. The van der Waals surface area contributed by atoms with E-state index in [4.69, 9.17) is 16.3 Å². The highest BCUT2D eigenvalue weighted by atomic mass is 35.5. The first-order valence-electron chi connectivity index (χ1n) is 10.8. The Hall–Kier alpha value is -3.40. The van der Waals surface area contributed by atoms with Crippen LogP contribution in [-0.2, 0) is 19.1 Å². The summed E-state index contributed by atoms with van der Waals surface area (Å²) in [6.45, 7) is 2.99. The Morgan fingerprint density at radius 1 is 1.27 bits per heavy atom. The monoisotopic (exact) mass is 473 g/mol. The highest BCUT2D eigenvalue weighted by molar-refractivity contribution is 6.30. The third-order valence-corrected chi connectivity index (χ3v) is 5.96. The van der Waals surface area contributed by atoms with E-state index in [1.165, 1.54) is 0 Å². The number of nitrogens with zero attached hydrogens (tertiary/aromatic N) is 2. The van der Waals surface area contributed by atoms with Gasteiger partial charge in [-0.1, -0.05) is 11.6 Å². The van der Waals surface area contributed by atoms with Crippen molar-refractivity contribution in [3.05, 3.63) is 45.2 Å². The second kappa shape index (κ2) is 9.62. The molecule has 2 amide bonds. The molecule has 0 saturated carbocycles. The second-order valence-corrected chi connectivity index (χ2v) is 8.43. The number of hydrogen-bond acceptors (Lipinski definition) is 7. The molecule has 0 bridgehead atoms. The van der Waals surface area contributed by atoms with Gasteiger partial charge in [-0.25, -0.2) is 0 Å². The normalized spacial score (nSPS) is 19.9. The second-order valence-electron chi connectivity index (χ2n) is 7.99. The number of carbonyl (C=O) groups excluding carboxylic acids is 3. The number of ether oxygens (including phenoxy) is 1. The summed E-state index contributed by atoms with van der Waals surface area (Å²) >= 11 is 5.88. The molecule has 33 heavy (non-hydrogen) atoms. The van der Waals surface area contributed by atoms with Crippen molar-refractivity contribution in [3.8, 4) is 0 Å². The first-order chi connectivity index (χ1) is 15.9. The molecule has 0 radical (unpaired) electrons. The van der Waals surface area contributed by atoms with Crippen molar-refractivity contribution in [3.63, 3.8) is 0 Å². The van der Waals surface area contributed by atoms with Gasteiger partial charge in [0.05, 0.1) is 24.0 Å². The maximum absolute atomic E-state index is 13.0. The largest absolute Gasteiger partial charge is 0.466 e. The standard InChI is InChI=1S/C22H24ClN5O5/c1-2-33-21(32)12-4-3-9-28(11-12)22-26-18-17(20(31)27-22)15(10-16(29)25-18)19(30)24-14-7-5-13(23)6-8-14/h5-8,12,15H,2-4,9-11H2,1H3,(H,24,30)(H2,25,26,27,29,31)/t12-,15+/m0/s1. The third-order valence-electron chi connectivity index (χ3n) is 5.71. The summed E-state index contributed by atoms with van der Waals surface area (Å²) in [6, 6.07) is 6.51. The summed E-state index contributed by atoms with van der Waals surface area (Å²) in [6.07, 6.45) is 1.24. The zero-order valence-electron chi connectivity index (χ0n) is 18.0. The number of hydrogen-bond donors (Lipinski definition) is 3. The van der Waals surface area contributed by atoms with E-state index in [1.54, 1.807) is 36.1 Å². The number of halogens is 1. The van der Waals surface area contributed by atoms with Gasteiger partial charge in [0.15, 0.2) is 0 Å². The fourth-order valence-corrected chi connectivity index (χ4v) is 4.24. The zero-order chi connectivity index (χ0) is 23.5. The minimum Gasteiger partial charge on any atom is -0.466 e. The summed E-state index contributed by atoms with van der Waals surface area (Å²) in [4.78, 5) is 59.3. The zero-order valence-corrected chi connectivity index (χ0v) is 18.8. The summed E-state index contributed by atoms with van der Waals surface area (Å²) in [5.74, 6) is -2.21. The van der Waals surface area contributed by atoms with Gasteiger partial charge in [-0.05, 0) is 44.0 Å². The van der Waals surface area contributed by atoms with Gasteiger partial charge in [0.2, 0.25) is 17.8 Å². The van der Waals surface area contributed by atoms with Crippen molar-refractivity contribution >= 4 is 46.8 Å². The molecule has 10 nitrogen and oxygen atoms in total. The smallest absolute Gasteiger partial charge is 0.310 e. The van der Waals surface area contributed by atoms with E-state index < -0.39 is 23.3 Å². The SMILES string of the molecule is CCOC(=O)[C@H]1CCCN(c2nc3c(c(=O)[nH]2)[C@H](C(=O)Nc2ccc(Cl)cc2)CC(=O)N3)C1. The van der Waals surface area contributed by atoms with Gasteiger partial charge < -0.3 is 20.3 Å². The highest BCUT2D eigenvalue weighted by Gasteiger charge is 2.36. The Labute approximate surface area is 194 Å². The third kappa shape index (κ3) is 5.00. The van der Waals surface area contributed by atoms with Crippen LogP contribution in [0, 0.1) is 5.92 Å². The maximum atomic E-state index is 13.0. The van der Waals surface area contributed by atoms with Crippen LogP contribution in [0.4, 0.5) is 17.5 Å². The first kappa shape index (κ1) is 22.8. The number of benzene rings is 1. The van der Waals surface area contributed by atoms with E-state index in [2.05, 4.69) is 20.6 Å². The van der Waals surface area contributed by atoms with Crippen LogP contribution in [0.1, 0.15) is 37.7 Å². The fourth-order valence-electron chi connectivity index (χ4n) is 4.12. The number of nitrogens with one attached hydrogen (secondary N) is 3. The number of amides is 2. The Morgan fingerprint density at radius 3 is 2.76 bits per heavy atom. The van der Waals surface area contributed by atoms with Gasteiger partial charge in [-0.2, -0.15) is 4.98 Å². The van der Waals surface area contributed by atoms with Crippen LogP contribution in [0.25, 0.3) is 0 Å². The topological polar surface area (TPSA) is 133 Å². The first-order valence-corrected chi connectivity index (χ1v) is 11.2. The number of piperidine rings is 1. The molecule has 2 aliphatic heterocycles. The van der Waals surface area contributed by atoms with Crippen LogP contribution < -0.4 is 21.1 Å². The lowest BCUT2D eigenvalue weighted by atomic mass is 9.92. The molecule has 11 heteroatoms. The van der Waals surface area contributed by atoms with Gasteiger partial charge in [-0.3, -0.25) is 24.2 Å². The molecule has 1 aromatic heterocycles. The molecule has 3 N–H and O–H groups in total. The van der Waals surface area contributed by atoms with Crippen LogP contribution in [0.2, 0.25) is 5.02 Å². The van der Waals surface area contributed by atoms with Crippen LogP contribution in [0.3, 0.4) is 0 Å². The van der Waals surface area contributed by atoms with Crippen LogP contribution in [-0.4, -0.2) is 47.4 Å². The number of aromatic nitrogens is 2. The lowest BCUT2D eigenvalue weighted by molar-refractivity contribution is -0.148. The predicted molar refractivity (Wildman–Crippen MR) is 122 cm³/mol. The number of anilines is 3. The van der Waals surface area contributed by atoms with Crippen molar-refractivity contribution in [2.45, 2.75) is 32.1 Å². The van der Waals surface area contributed by atoms with Crippen LogP contribution in [0.15, 0.2) is 29.1 Å². The van der Waals surface area contributed by atoms with Gasteiger partial charge in [0, 0.05) is 30.2 Å². The average Bonchev–Trinajstić information content (AvgIpc) is 2.80. The van der Waals surface area contributed by atoms with Crippen molar-refractivity contribution < 1.29 is 19.1 Å². The number of H-pyrrole nitrogens is 1. The maximum Gasteiger partial charge on any atom is 0.310 e. The lowest BCUT2D eigenvalue weighted by Gasteiger charge is -2.32. The average molecular weight is 474 g/mol. The number of carbonyl (C=O) groups is 3. The van der Waals surface area contributed by atoms with E-state index >= 15 is 0 Å². The van der Waals surface area contributed by atoms with Crippen molar-refractivity contribution in [1.82, 2.24) is 9.97 Å². The van der Waals surface area contributed by atoms with Crippen molar-refractivity contribution in [2.75, 3.05) is 35.2 Å². The summed E-state index contributed by atoms with van der Waals surface area (Å²) in [7, 11) is 0. The van der Waals surface area contributed by atoms with E-state index in [9.17, 15) is 19.2 Å². The molecule has 4 rings (SSSR count). The molecule has 1 fully saturated rings. The molecule has 2 aromatic rings. The van der Waals surface area contributed by atoms with Gasteiger partial charge in [0.25, 0.3) is 5.56 Å². The Bertz CT molecular complexity index is 1130. The molecule has 0 aliphatic carbocycles. The summed E-state index contributed by atoms with van der Waals surface area (Å²) in [5.41, 5.74) is 0.0875. The molecule has 0 spiro atoms. The number of rotatable bonds is 5. The predicted octanol–water partition coefficient (Wildman–Crippen LogP) is 2.27. The molecule has 1 aromatic carbocycles. The lowest BCUT2D eigenvalue weighted by Crippen LogP contribution is -2.42. The van der Waals surface area contributed by atoms with Crippen molar-refractivity contribution in [1.29, 1.82) is 0 Å². The van der Waals surface area contributed by atoms with E-state index in [1.807, 2.05) is 0 Å². The molecule has 1 saturated heterocycles. The quantitative estimate of drug-likeness (QED) is 0.567. The van der Waals surface area contributed by atoms with Crippen molar-refractivity contribution in [2.24, 2.45) is 5.92 Å². The highest BCUT2D eigenvalue weighted by Crippen LogP contribution is 2.31. The summed E-state index contributed by atoms with van der Waals surface area (Å²) in [5, 5.41) is 5.84. The Kier molecular flexibility index (Phi) is 6.64. The van der Waals surface area contributed by atoms with E-state index in [0.717, 1.165) is 6.42 Å².